The topological polar surface area (TPSA) is 64.1 Å². The van der Waals surface area contributed by atoms with Gasteiger partial charge in [0.15, 0.2) is 0 Å². The number of hydrogen-bond donors (Lipinski definition) is 1. The van der Waals surface area contributed by atoms with E-state index in [1.807, 2.05) is 13.0 Å². The van der Waals surface area contributed by atoms with Gasteiger partial charge in [-0.15, -0.1) is 0 Å². The average Bonchev–Trinajstić information content (AvgIpc) is 3.40. The van der Waals surface area contributed by atoms with E-state index >= 15 is 0 Å². The van der Waals surface area contributed by atoms with Crippen LogP contribution >= 0.6 is 11.6 Å². The van der Waals surface area contributed by atoms with Crippen molar-refractivity contribution in [2.24, 2.45) is 0 Å². The minimum Gasteiger partial charge on any atom is -0.465 e. The van der Waals surface area contributed by atoms with Crippen LogP contribution in [0.2, 0.25) is 5.02 Å². The van der Waals surface area contributed by atoms with Gasteiger partial charge < -0.3 is 10.1 Å². The van der Waals surface area contributed by atoms with E-state index < -0.39 is 0 Å². The van der Waals surface area contributed by atoms with Crippen molar-refractivity contribution in [2.75, 3.05) is 13.7 Å². The standard InChI is InChI=1S/C19H20ClN3O2/c1-10-22-17-5-6-21-9-15(17)18(23-10)14-8-13(14)12-4-3-11(7-16(12)20)19(24)25-2/h3-4,7,13-14,21H,5-6,8-9H2,1-2H3. The molecule has 2 unspecified atom stereocenters. The molecule has 0 spiro atoms. The molecule has 130 valence electrons. The van der Waals surface area contributed by atoms with Crippen LogP contribution in [0.4, 0.5) is 0 Å². The largest absolute Gasteiger partial charge is 0.465 e. The highest BCUT2D eigenvalue weighted by molar-refractivity contribution is 6.31. The van der Waals surface area contributed by atoms with Crippen molar-refractivity contribution < 1.29 is 9.53 Å². The number of rotatable bonds is 3. The number of aryl methyl sites for hydroxylation is 1. The van der Waals surface area contributed by atoms with Gasteiger partial charge in [0.1, 0.15) is 5.82 Å². The van der Waals surface area contributed by atoms with Crippen LogP contribution in [0.5, 0.6) is 0 Å². The Labute approximate surface area is 151 Å². The molecule has 2 heterocycles. The number of nitrogens with one attached hydrogen (secondary N) is 1. The second-order valence-corrected chi connectivity index (χ2v) is 7.09. The number of carbonyl (C=O) groups is 1. The van der Waals surface area contributed by atoms with Crippen molar-refractivity contribution in [1.82, 2.24) is 15.3 Å². The Balaban J connectivity index is 1.63. The smallest absolute Gasteiger partial charge is 0.337 e. The summed E-state index contributed by atoms with van der Waals surface area (Å²) in [6.45, 7) is 3.77. The van der Waals surface area contributed by atoms with Gasteiger partial charge in [0.05, 0.1) is 24.1 Å². The molecule has 2 aliphatic rings. The highest BCUT2D eigenvalue weighted by atomic mass is 35.5. The maximum atomic E-state index is 11.6. The number of benzene rings is 1. The zero-order chi connectivity index (χ0) is 17.6. The molecule has 6 heteroatoms. The van der Waals surface area contributed by atoms with Gasteiger partial charge in [-0.1, -0.05) is 17.7 Å². The van der Waals surface area contributed by atoms with Gasteiger partial charge in [0, 0.05) is 36.0 Å². The SMILES string of the molecule is COC(=O)c1ccc(C2CC2c2nc(C)nc3c2CNCC3)c(Cl)c1. The number of methoxy groups -OCH3 is 1. The summed E-state index contributed by atoms with van der Waals surface area (Å²) in [6, 6.07) is 5.42. The Hall–Kier alpha value is -1.98. The Kier molecular flexibility index (Phi) is 4.21. The van der Waals surface area contributed by atoms with Gasteiger partial charge in [-0.3, -0.25) is 0 Å². The first-order chi connectivity index (χ1) is 12.1. The van der Waals surface area contributed by atoms with Crippen LogP contribution in [0.25, 0.3) is 0 Å². The molecule has 1 aromatic carbocycles. The number of nitrogens with zero attached hydrogens (tertiary/aromatic N) is 2. The van der Waals surface area contributed by atoms with E-state index in [-0.39, 0.29) is 5.97 Å². The normalized spacial score (nSPS) is 21.6. The third kappa shape index (κ3) is 3.02. The minimum atomic E-state index is -0.368. The number of carbonyl (C=O) groups excluding carboxylic acids is 1. The van der Waals surface area contributed by atoms with E-state index in [1.54, 1.807) is 12.1 Å². The van der Waals surface area contributed by atoms with Gasteiger partial charge in [-0.2, -0.15) is 0 Å². The lowest BCUT2D eigenvalue weighted by Gasteiger charge is -2.19. The van der Waals surface area contributed by atoms with Crippen LogP contribution in [-0.4, -0.2) is 29.6 Å². The molecule has 2 aromatic rings. The lowest BCUT2D eigenvalue weighted by molar-refractivity contribution is 0.0600. The second kappa shape index (κ2) is 6.39. The van der Waals surface area contributed by atoms with Crippen LogP contribution < -0.4 is 5.32 Å². The van der Waals surface area contributed by atoms with Crippen LogP contribution in [0, 0.1) is 6.92 Å². The van der Waals surface area contributed by atoms with Crippen molar-refractivity contribution in [1.29, 1.82) is 0 Å². The number of aromatic nitrogens is 2. The first-order valence-electron chi connectivity index (χ1n) is 8.53. The van der Waals surface area contributed by atoms with E-state index in [4.69, 9.17) is 21.3 Å². The van der Waals surface area contributed by atoms with Gasteiger partial charge in [-0.25, -0.2) is 14.8 Å². The lowest BCUT2D eigenvalue weighted by Crippen LogP contribution is -2.26. The molecule has 0 bridgehead atoms. The number of fused-ring (bicyclic) bond motifs is 1. The van der Waals surface area contributed by atoms with E-state index in [1.165, 1.54) is 18.4 Å². The van der Waals surface area contributed by atoms with Gasteiger partial charge in [-0.05, 0) is 37.0 Å². The van der Waals surface area contributed by atoms with E-state index in [2.05, 4.69) is 10.3 Å². The fraction of sp³-hybridized carbons (Fsp3) is 0.421. The van der Waals surface area contributed by atoms with E-state index in [0.717, 1.165) is 43.0 Å². The van der Waals surface area contributed by atoms with Gasteiger partial charge in [0.2, 0.25) is 0 Å². The molecule has 1 aliphatic heterocycles. The second-order valence-electron chi connectivity index (χ2n) is 6.68. The summed E-state index contributed by atoms with van der Waals surface area (Å²) in [5.41, 5.74) is 5.15. The highest BCUT2D eigenvalue weighted by Gasteiger charge is 2.43. The Morgan fingerprint density at radius 3 is 2.92 bits per heavy atom. The molecule has 0 amide bonds. The number of esters is 1. The first-order valence-corrected chi connectivity index (χ1v) is 8.91. The fourth-order valence-electron chi connectivity index (χ4n) is 3.72. The Morgan fingerprint density at radius 2 is 2.16 bits per heavy atom. The summed E-state index contributed by atoms with van der Waals surface area (Å²) in [5, 5.41) is 4.04. The van der Waals surface area contributed by atoms with Crippen molar-refractivity contribution in [2.45, 2.75) is 38.1 Å². The van der Waals surface area contributed by atoms with Gasteiger partial charge >= 0.3 is 5.97 Å². The molecular formula is C19H20ClN3O2. The molecule has 1 aliphatic carbocycles. The molecule has 1 N–H and O–H groups in total. The first kappa shape index (κ1) is 16.5. The molecule has 2 atom stereocenters. The Morgan fingerprint density at radius 1 is 1.32 bits per heavy atom. The lowest BCUT2D eigenvalue weighted by atomic mass is 9.99. The van der Waals surface area contributed by atoms with Crippen LogP contribution in [0.15, 0.2) is 18.2 Å². The summed E-state index contributed by atoms with van der Waals surface area (Å²) < 4.78 is 4.75. The summed E-state index contributed by atoms with van der Waals surface area (Å²) >= 11 is 6.44. The number of ether oxygens (including phenoxy) is 1. The number of halogens is 1. The monoisotopic (exact) mass is 357 g/mol. The third-order valence-electron chi connectivity index (χ3n) is 5.04. The van der Waals surface area contributed by atoms with Gasteiger partial charge in [0.25, 0.3) is 0 Å². The minimum absolute atomic E-state index is 0.347. The van der Waals surface area contributed by atoms with Crippen LogP contribution in [0.1, 0.15) is 57.0 Å². The summed E-state index contributed by atoms with van der Waals surface area (Å²) in [6.07, 6.45) is 1.98. The van der Waals surface area contributed by atoms with Crippen molar-refractivity contribution in [3.8, 4) is 0 Å². The molecule has 25 heavy (non-hydrogen) atoms. The molecule has 1 aromatic heterocycles. The molecule has 4 rings (SSSR count). The molecule has 1 fully saturated rings. The van der Waals surface area contributed by atoms with Crippen molar-refractivity contribution in [3.05, 3.63) is 57.1 Å². The summed E-state index contributed by atoms with van der Waals surface area (Å²) in [5.74, 6) is 1.19. The molecule has 0 radical (unpaired) electrons. The third-order valence-corrected chi connectivity index (χ3v) is 5.37. The van der Waals surface area contributed by atoms with Crippen LogP contribution in [-0.2, 0) is 17.7 Å². The van der Waals surface area contributed by atoms with Crippen molar-refractivity contribution >= 4 is 17.6 Å². The maximum Gasteiger partial charge on any atom is 0.337 e. The Bertz CT molecular complexity index is 853. The predicted molar refractivity (Wildman–Crippen MR) is 95.1 cm³/mol. The summed E-state index contributed by atoms with van der Waals surface area (Å²) in [4.78, 5) is 21.0. The van der Waals surface area contributed by atoms with Crippen LogP contribution in [0.3, 0.4) is 0 Å². The molecular weight excluding hydrogens is 338 g/mol. The maximum absolute atomic E-state index is 11.6. The molecule has 1 saturated carbocycles. The highest BCUT2D eigenvalue weighted by Crippen LogP contribution is 2.56. The van der Waals surface area contributed by atoms with Crippen molar-refractivity contribution in [3.63, 3.8) is 0 Å². The fourth-order valence-corrected chi connectivity index (χ4v) is 4.04. The van der Waals surface area contributed by atoms with E-state index in [0.29, 0.717) is 22.4 Å². The number of hydrogen-bond acceptors (Lipinski definition) is 5. The predicted octanol–water partition coefficient (Wildman–Crippen LogP) is 3.14. The quantitative estimate of drug-likeness (QED) is 0.855. The van der Waals surface area contributed by atoms with E-state index in [9.17, 15) is 4.79 Å². The zero-order valence-corrected chi connectivity index (χ0v) is 15.1. The zero-order valence-electron chi connectivity index (χ0n) is 14.3. The molecule has 0 saturated heterocycles. The summed E-state index contributed by atoms with van der Waals surface area (Å²) in [7, 11) is 1.37. The molecule has 5 nitrogen and oxygen atoms in total. The average molecular weight is 358 g/mol.